The van der Waals surface area contributed by atoms with Crippen LogP contribution in [0.4, 0.5) is 0 Å². The highest BCUT2D eigenvalue weighted by molar-refractivity contribution is 7.99. The van der Waals surface area contributed by atoms with E-state index >= 15 is 0 Å². The van der Waals surface area contributed by atoms with Crippen molar-refractivity contribution in [2.24, 2.45) is 7.05 Å². The van der Waals surface area contributed by atoms with Crippen molar-refractivity contribution in [1.29, 1.82) is 0 Å². The van der Waals surface area contributed by atoms with Crippen molar-refractivity contribution < 1.29 is 0 Å². The van der Waals surface area contributed by atoms with Crippen molar-refractivity contribution in [3.05, 3.63) is 41.1 Å². The van der Waals surface area contributed by atoms with Gasteiger partial charge in [0.25, 0.3) is 0 Å². The molecule has 2 aromatic rings. The van der Waals surface area contributed by atoms with E-state index in [0.29, 0.717) is 0 Å². The number of aryl methyl sites for hydroxylation is 3. The highest BCUT2D eigenvalue weighted by atomic mass is 32.2. The van der Waals surface area contributed by atoms with Gasteiger partial charge in [-0.15, -0.1) is 0 Å². The van der Waals surface area contributed by atoms with E-state index in [9.17, 15) is 0 Å². The first-order valence-electron chi connectivity index (χ1n) is 7.14. The molecule has 1 N–H and O–H groups in total. The van der Waals surface area contributed by atoms with E-state index in [-0.39, 0.29) is 0 Å². The average Bonchev–Trinajstić information content (AvgIpc) is 3.19. The van der Waals surface area contributed by atoms with Crippen LogP contribution in [-0.4, -0.2) is 15.8 Å². The molecule has 1 aromatic heterocycles. The fraction of sp³-hybridized carbons (Fsp3) is 0.438. The van der Waals surface area contributed by atoms with Crippen LogP contribution in [0.15, 0.2) is 34.2 Å². The minimum atomic E-state index is 0.728. The normalized spacial score (nSPS) is 14.8. The monoisotopic (exact) mass is 287 g/mol. The van der Waals surface area contributed by atoms with Crippen LogP contribution >= 0.6 is 11.8 Å². The Labute approximate surface area is 124 Å². The summed E-state index contributed by atoms with van der Waals surface area (Å²) in [4.78, 5) is 1.31. The first kappa shape index (κ1) is 13.7. The predicted octanol–water partition coefficient (Wildman–Crippen LogP) is 3.44. The summed E-state index contributed by atoms with van der Waals surface area (Å²) in [7, 11) is 2.04. The molecule has 3 rings (SSSR count). The van der Waals surface area contributed by atoms with Crippen molar-refractivity contribution >= 4 is 11.8 Å². The molecule has 0 aliphatic heterocycles. The second kappa shape index (κ2) is 5.62. The quantitative estimate of drug-likeness (QED) is 0.913. The molecule has 20 heavy (non-hydrogen) atoms. The zero-order valence-corrected chi connectivity index (χ0v) is 13.1. The Morgan fingerprint density at radius 2 is 2.05 bits per heavy atom. The van der Waals surface area contributed by atoms with E-state index in [1.807, 2.05) is 23.5 Å². The second-order valence-electron chi connectivity index (χ2n) is 5.52. The van der Waals surface area contributed by atoms with E-state index in [0.717, 1.165) is 18.3 Å². The van der Waals surface area contributed by atoms with Crippen LogP contribution < -0.4 is 5.32 Å². The topological polar surface area (TPSA) is 29.9 Å². The molecular formula is C16H21N3S. The van der Waals surface area contributed by atoms with E-state index in [1.54, 1.807) is 0 Å². The first-order chi connectivity index (χ1) is 9.65. The standard InChI is InChI=1S/C16H21N3S/c1-11-6-4-5-7-15(11)20-16-14(10-17-13-8-9-13)12(2)18-19(16)3/h4-7,13,17H,8-10H2,1-3H3. The SMILES string of the molecule is Cc1ccccc1Sc1c(CNC2CC2)c(C)nn1C. The Balaban J connectivity index is 1.85. The number of benzene rings is 1. The van der Waals surface area contributed by atoms with Gasteiger partial charge in [-0.2, -0.15) is 5.10 Å². The summed E-state index contributed by atoms with van der Waals surface area (Å²) < 4.78 is 2.01. The molecule has 1 saturated carbocycles. The molecule has 0 bridgehead atoms. The molecule has 1 heterocycles. The third kappa shape index (κ3) is 2.91. The Kier molecular flexibility index (Phi) is 3.85. The van der Waals surface area contributed by atoms with Gasteiger partial charge in [0.05, 0.1) is 5.69 Å². The van der Waals surface area contributed by atoms with Crippen LogP contribution in [0.3, 0.4) is 0 Å². The first-order valence-corrected chi connectivity index (χ1v) is 7.96. The summed E-state index contributed by atoms with van der Waals surface area (Å²) in [6.07, 6.45) is 2.64. The summed E-state index contributed by atoms with van der Waals surface area (Å²) in [6.45, 7) is 5.19. The lowest BCUT2D eigenvalue weighted by Gasteiger charge is -2.09. The van der Waals surface area contributed by atoms with E-state index in [4.69, 9.17) is 0 Å². The number of nitrogens with zero attached hydrogens (tertiary/aromatic N) is 2. The number of nitrogens with one attached hydrogen (secondary N) is 1. The zero-order chi connectivity index (χ0) is 14.1. The summed E-state index contributed by atoms with van der Waals surface area (Å²) in [5.41, 5.74) is 3.79. The van der Waals surface area contributed by atoms with E-state index in [2.05, 4.69) is 48.5 Å². The molecule has 1 aromatic carbocycles. The smallest absolute Gasteiger partial charge is 0.103 e. The Hall–Kier alpha value is -1.26. The molecule has 0 atom stereocenters. The molecule has 106 valence electrons. The van der Waals surface area contributed by atoms with Crippen LogP contribution in [0.2, 0.25) is 0 Å². The summed E-state index contributed by atoms with van der Waals surface area (Å²) in [6, 6.07) is 9.25. The number of hydrogen-bond acceptors (Lipinski definition) is 3. The van der Waals surface area contributed by atoms with Crippen LogP contribution in [0.1, 0.15) is 29.7 Å². The molecule has 0 amide bonds. The number of aromatic nitrogens is 2. The van der Waals surface area contributed by atoms with Gasteiger partial charge >= 0.3 is 0 Å². The van der Waals surface area contributed by atoms with Gasteiger partial charge in [0, 0.05) is 30.1 Å². The van der Waals surface area contributed by atoms with Gasteiger partial charge in [0.1, 0.15) is 5.03 Å². The largest absolute Gasteiger partial charge is 0.310 e. The fourth-order valence-electron chi connectivity index (χ4n) is 2.32. The molecule has 0 saturated heterocycles. The predicted molar refractivity (Wildman–Crippen MR) is 83.1 cm³/mol. The van der Waals surface area contributed by atoms with Crippen molar-refractivity contribution in [3.63, 3.8) is 0 Å². The molecule has 0 radical (unpaired) electrons. The highest BCUT2D eigenvalue weighted by Gasteiger charge is 2.22. The lowest BCUT2D eigenvalue weighted by atomic mass is 10.2. The molecular weight excluding hydrogens is 266 g/mol. The summed E-state index contributed by atoms with van der Waals surface area (Å²) in [5.74, 6) is 0. The van der Waals surface area contributed by atoms with Gasteiger partial charge in [-0.25, -0.2) is 0 Å². The Morgan fingerprint density at radius 3 is 2.75 bits per heavy atom. The van der Waals surface area contributed by atoms with Gasteiger partial charge in [0.2, 0.25) is 0 Å². The van der Waals surface area contributed by atoms with Gasteiger partial charge < -0.3 is 5.32 Å². The minimum Gasteiger partial charge on any atom is -0.310 e. The Bertz CT molecular complexity index is 614. The second-order valence-corrected chi connectivity index (χ2v) is 6.55. The van der Waals surface area contributed by atoms with Crippen LogP contribution in [0, 0.1) is 13.8 Å². The molecule has 0 unspecified atom stereocenters. The molecule has 1 fully saturated rings. The summed E-state index contributed by atoms with van der Waals surface area (Å²) >= 11 is 1.82. The Morgan fingerprint density at radius 1 is 1.30 bits per heavy atom. The summed E-state index contributed by atoms with van der Waals surface area (Å²) in [5, 5.41) is 9.45. The van der Waals surface area contributed by atoms with Gasteiger partial charge in [-0.05, 0) is 38.3 Å². The van der Waals surface area contributed by atoms with E-state index in [1.165, 1.54) is 33.9 Å². The van der Waals surface area contributed by atoms with Gasteiger partial charge in [0.15, 0.2) is 0 Å². The fourth-order valence-corrected chi connectivity index (χ4v) is 3.42. The van der Waals surface area contributed by atoms with Crippen molar-refractivity contribution in [2.75, 3.05) is 0 Å². The molecule has 1 aliphatic rings. The van der Waals surface area contributed by atoms with Gasteiger partial charge in [-0.3, -0.25) is 4.68 Å². The lowest BCUT2D eigenvalue weighted by molar-refractivity contribution is 0.658. The lowest BCUT2D eigenvalue weighted by Crippen LogP contribution is -2.16. The average molecular weight is 287 g/mol. The number of rotatable bonds is 5. The maximum absolute atomic E-state index is 4.59. The molecule has 4 heteroatoms. The zero-order valence-electron chi connectivity index (χ0n) is 12.3. The van der Waals surface area contributed by atoms with Gasteiger partial charge in [-0.1, -0.05) is 30.0 Å². The van der Waals surface area contributed by atoms with Crippen LogP contribution in [-0.2, 0) is 13.6 Å². The van der Waals surface area contributed by atoms with Crippen LogP contribution in [0.25, 0.3) is 0 Å². The third-order valence-corrected chi connectivity index (χ3v) is 5.12. The maximum atomic E-state index is 4.59. The van der Waals surface area contributed by atoms with Crippen LogP contribution in [0.5, 0.6) is 0 Å². The minimum absolute atomic E-state index is 0.728. The van der Waals surface area contributed by atoms with Crippen molar-refractivity contribution in [2.45, 2.75) is 49.2 Å². The third-order valence-electron chi connectivity index (χ3n) is 3.73. The maximum Gasteiger partial charge on any atom is 0.103 e. The van der Waals surface area contributed by atoms with E-state index < -0.39 is 0 Å². The van der Waals surface area contributed by atoms with Crippen molar-refractivity contribution in [3.8, 4) is 0 Å². The van der Waals surface area contributed by atoms with Crippen molar-refractivity contribution in [1.82, 2.24) is 15.1 Å². The molecule has 3 nitrogen and oxygen atoms in total. The number of hydrogen-bond donors (Lipinski definition) is 1. The molecule has 0 spiro atoms. The molecule has 1 aliphatic carbocycles. The highest BCUT2D eigenvalue weighted by Crippen LogP contribution is 2.33.